The lowest BCUT2D eigenvalue weighted by atomic mass is 9.70. The van der Waals surface area contributed by atoms with Crippen LogP contribution in [0.3, 0.4) is 0 Å². The van der Waals surface area contributed by atoms with Crippen molar-refractivity contribution < 1.29 is 4.79 Å². The van der Waals surface area contributed by atoms with Gasteiger partial charge in [0.25, 0.3) is 0 Å². The topological polar surface area (TPSA) is 46.9 Å². The van der Waals surface area contributed by atoms with E-state index in [0.717, 1.165) is 6.54 Å². The number of carbonyl (C=O) groups excluding carboxylic acids is 1. The molecule has 0 atom stereocenters. The first-order valence-electron chi connectivity index (χ1n) is 4.96. The molecular weight excluding hydrogens is 178 g/mol. The van der Waals surface area contributed by atoms with Crippen molar-refractivity contribution in [3.8, 4) is 0 Å². The van der Waals surface area contributed by atoms with Crippen LogP contribution in [0, 0.1) is 5.41 Å². The van der Waals surface area contributed by atoms with Gasteiger partial charge < -0.3 is 5.32 Å². The summed E-state index contributed by atoms with van der Waals surface area (Å²) in [5.74, 6) is 0. The number of rotatable bonds is 2. The van der Waals surface area contributed by atoms with Crippen molar-refractivity contribution in [2.45, 2.75) is 26.2 Å². The Bertz CT molecular complexity index is 314. The number of carbonyl (C=O) groups is 1. The molecule has 2 rings (SSSR count). The molecule has 76 valence electrons. The summed E-state index contributed by atoms with van der Waals surface area (Å²) in [7, 11) is 0. The second kappa shape index (κ2) is 3.44. The van der Waals surface area contributed by atoms with Gasteiger partial charge in [-0.1, -0.05) is 13.3 Å². The lowest BCUT2D eigenvalue weighted by Crippen LogP contribution is -2.41. The van der Waals surface area contributed by atoms with Gasteiger partial charge in [0, 0.05) is 18.9 Å². The third-order valence-corrected chi connectivity index (χ3v) is 2.97. The highest BCUT2D eigenvalue weighted by Gasteiger charge is 2.31. The zero-order chi connectivity index (χ0) is 10.0. The van der Waals surface area contributed by atoms with E-state index in [0.29, 0.717) is 5.41 Å². The largest absolute Gasteiger partial charge is 0.337 e. The van der Waals surface area contributed by atoms with Crippen LogP contribution in [0.2, 0.25) is 0 Å². The first-order valence-corrected chi connectivity index (χ1v) is 4.96. The smallest absolute Gasteiger partial charge is 0.326 e. The van der Waals surface area contributed by atoms with Gasteiger partial charge in [0.15, 0.2) is 0 Å². The van der Waals surface area contributed by atoms with E-state index in [1.54, 1.807) is 12.4 Å². The summed E-state index contributed by atoms with van der Waals surface area (Å²) in [6.45, 7) is 2.98. The van der Waals surface area contributed by atoms with Gasteiger partial charge in [0.1, 0.15) is 6.33 Å². The molecule has 0 bridgehead atoms. The zero-order valence-electron chi connectivity index (χ0n) is 8.36. The fourth-order valence-corrected chi connectivity index (χ4v) is 1.72. The average molecular weight is 193 g/mol. The standard InChI is InChI=1S/C10H15N3O/c1-10(3-2-4-10)7-12-9(14)13-6-5-11-8-13/h5-6,8H,2-4,7H2,1H3,(H,12,14). The fraction of sp³-hybridized carbons (Fsp3) is 0.600. The van der Waals surface area contributed by atoms with E-state index in [1.165, 1.54) is 30.2 Å². The first kappa shape index (κ1) is 9.24. The average Bonchev–Trinajstić information content (AvgIpc) is 2.63. The predicted molar refractivity (Wildman–Crippen MR) is 53.0 cm³/mol. The Morgan fingerprint density at radius 3 is 2.93 bits per heavy atom. The minimum atomic E-state index is -0.0874. The van der Waals surface area contributed by atoms with Crippen molar-refractivity contribution >= 4 is 6.03 Å². The van der Waals surface area contributed by atoms with E-state index in [9.17, 15) is 4.79 Å². The van der Waals surface area contributed by atoms with Gasteiger partial charge in [-0.25, -0.2) is 9.78 Å². The normalized spacial score (nSPS) is 18.6. The lowest BCUT2D eigenvalue weighted by molar-refractivity contribution is 0.157. The highest BCUT2D eigenvalue weighted by atomic mass is 16.2. The van der Waals surface area contributed by atoms with Crippen LogP contribution in [0.1, 0.15) is 26.2 Å². The van der Waals surface area contributed by atoms with Crippen LogP contribution in [-0.4, -0.2) is 22.1 Å². The SMILES string of the molecule is CC1(CNC(=O)n2ccnc2)CCC1. The van der Waals surface area contributed by atoms with Crippen LogP contribution in [-0.2, 0) is 0 Å². The molecule has 1 amide bonds. The third kappa shape index (κ3) is 1.78. The Kier molecular flexibility index (Phi) is 2.27. The molecule has 1 aliphatic rings. The summed E-state index contributed by atoms with van der Waals surface area (Å²) in [4.78, 5) is 15.3. The summed E-state index contributed by atoms with van der Waals surface area (Å²) < 4.78 is 1.46. The molecule has 1 aromatic rings. The summed E-state index contributed by atoms with van der Waals surface area (Å²) in [6.07, 6.45) is 8.49. The van der Waals surface area contributed by atoms with Crippen LogP contribution >= 0.6 is 0 Å². The Balaban J connectivity index is 1.84. The summed E-state index contributed by atoms with van der Waals surface area (Å²) >= 11 is 0. The molecule has 1 saturated carbocycles. The monoisotopic (exact) mass is 193 g/mol. The maximum atomic E-state index is 11.5. The van der Waals surface area contributed by atoms with E-state index >= 15 is 0 Å². The van der Waals surface area contributed by atoms with Crippen LogP contribution in [0.25, 0.3) is 0 Å². The Labute approximate surface area is 83.3 Å². The van der Waals surface area contributed by atoms with Crippen molar-refractivity contribution in [3.05, 3.63) is 18.7 Å². The van der Waals surface area contributed by atoms with Crippen molar-refractivity contribution in [1.82, 2.24) is 14.9 Å². The molecule has 0 aromatic carbocycles. The minimum Gasteiger partial charge on any atom is -0.337 e. The van der Waals surface area contributed by atoms with Crippen molar-refractivity contribution in [2.75, 3.05) is 6.54 Å². The summed E-state index contributed by atoms with van der Waals surface area (Å²) in [6, 6.07) is -0.0874. The van der Waals surface area contributed by atoms with E-state index in [1.807, 2.05) is 0 Å². The van der Waals surface area contributed by atoms with Gasteiger partial charge in [0.2, 0.25) is 0 Å². The predicted octanol–water partition coefficient (Wildman–Crippen LogP) is 1.63. The Hall–Kier alpha value is -1.32. The number of hydrogen-bond donors (Lipinski definition) is 1. The summed E-state index contributed by atoms with van der Waals surface area (Å²) in [5.41, 5.74) is 0.330. The molecule has 4 heteroatoms. The second-order valence-electron chi connectivity index (χ2n) is 4.29. The molecule has 0 saturated heterocycles. The van der Waals surface area contributed by atoms with Crippen LogP contribution in [0.5, 0.6) is 0 Å². The van der Waals surface area contributed by atoms with Gasteiger partial charge in [-0.3, -0.25) is 4.57 Å². The lowest BCUT2D eigenvalue weighted by Gasteiger charge is -2.38. The molecule has 0 aliphatic heterocycles. The van der Waals surface area contributed by atoms with Gasteiger partial charge in [-0.2, -0.15) is 0 Å². The number of aromatic nitrogens is 2. The molecule has 1 heterocycles. The molecule has 0 spiro atoms. The molecule has 0 radical (unpaired) electrons. The molecule has 1 aromatic heterocycles. The van der Waals surface area contributed by atoms with Gasteiger partial charge >= 0.3 is 6.03 Å². The maximum absolute atomic E-state index is 11.5. The zero-order valence-corrected chi connectivity index (χ0v) is 8.36. The van der Waals surface area contributed by atoms with Gasteiger partial charge in [0.05, 0.1) is 0 Å². The van der Waals surface area contributed by atoms with Gasteiger partial charge in [-0.05, 0) is 18.3 Å². The minimum absolute atomic E-state index is 0.0874. The third-order valence-electron chi connectivity index (χ3n) is 2.97. The molecular formula is C10H15N3O. The Morgan fingerprint density at radius 2 is 2.43 bits per heavy atom. The van der Waals surface area contributed by atoms with Crippen LogP contribution in [0.15, 0.2) is 18.7 Å². The molecule has 1 N–H and O–H groups in total. The van der Waals surface area contributed by atoms with Crippen molar-refractivity contribution in [2.24, 2.45) is 5.41 Å². The van der Waals surface area contributed by atoms with Crippen molar-refractivity contribution in [3.63, 3.8) is 0 Å². The number of imidazole rings is 1. The molecule has 1 fully saturated rings. The van der Waals surface area contributed by atoms with E-state index in [2.05, 4.69) is 17.2 Å². The summed E-state index contributed by atoms with van der Waals surface area (Å²) in [5, 5.41) is 2.91. The Morgan fingerprint density at radius 1 is 1.64 bits per heavy atom. The second-order valence-corrected chi connectivity index (χ2v) is 4.29. The quantitative estimate of drug-likeness (QED) is 0.776. The van der Waals surface area contributed by atoms with Gasteiger partial charge in [-0.15, -0.1) is 0 Å². The van der Waals surface area contributed by atoms with E-state index in [4.69, 9.17) is 0 Å². The highest BCUT2D eigenvalue weighted by Crippen LogP contribution is 2.39. The number of amides is 1. The molecule has 4 nitrogen and oxygen atoms in total. The van der Waals surface area contributed by atoms with E-state index in [-0.39, 0.29) is 6.03 Å². The number of hydrogen-bond acceptors (Lipinski definition) is 2. The molecule has 0 unspecified atom stereocenters. The fourth-order valence-electron chi connectivity index (χ4n) is 1.72. The highest BCUT2D eigenvalue weighted by molar-refractivity contribution is 5.76. The van der Waals surface area contributed by atoms with Crippen LogP contribution in [0.4, 0.5) is 4.79 Å². The molecule has 1 aliphatic carbocycles. The number of nitrogens with zero attached hydrogens (tertiary/aromatic N) is 2. The first-order chi connectivity index (χ1) is 6.70. The maximum Gasteiger partial charge on any atom is 0.326 e. The molecule has 14 heavy (non-hydrogen) atoms. The van der Waals surface area contributed by atoms with E-state index < -0.39 is 0 Å². The van der Waals surface area contributed by atoms with Crippen molar-refractivity contribution in [1.29, 1.82) is 0 Å². The number of nitrogens with one attached hydrogen (secondary N) is 1. The van der Waals surface area contributed by atoms with Crippen LogP contribution < -0.4 is 5.32 Å².